The van der Waals surface area contributed by atoms with Gasteiger partial charge in [0.05, 0.1) is 19.0 Å². The van der Waals surface area contributed by atoms with E-state index in [2.05, 4.69) is 38.0 Å². The summed E-state index contributed by atoms with van der Waals surface area (Å²) in [5.74, 6) is 0.284. The second-order valence-electron chi connectivity index (χ2n) is 9.14. The van der Waals surface area contributed by atoms with Gasteiger partial charge in [-0.15, -0.1) is 0 Å². The van der Waals surface area contributed by atoms with Gasteiger partial charge in [0.2, 0.25) is 11.8 Å². The highest BCUT2D eigenvalue weighted by molar-refractivity contribution is 5.86. The summed E-state index contributed by atoms with van der Waals surface area (Å²) in [6, 6.07) is 8.33. The molecule has 172 valence electrons. The third-order valence-electron chi connectivity index (χ3n) is 5.00. The molecule has 1 heterocycles. The number of carbonyl (C=O) groups excluding carboxylic acids is 2. The maximum atomic E-state index is 12.1. The molecule has 0 saturated carbocycles. The van der Waals surface area contributed by atoms with Crippen LogP contribution in [-0.2, 0) is 22.7 Å². The van der Waals surface area contributed by atoms with E-state index in [1.165, 1.54) is 5.56 Å². The van der Waals surface area contributed by atoms with Gasteiger partial charge in [-0.25, -0.2) is 4.99 Å². The van der Waals surface area contributed by atoms with Crippen molar-refractivity contribution in [3.63, 3.8) is 0 Å². The van der Waals surface area contributed by atoms with Crippen molar-refractivity contribution >= 4 is 17.8 Å². The first-order valence-electron chi connectivity index (χ1n) is 11.1. The Kier molecular flexibility index (Phi) is 9.30. The van der Waals surface area contributed by atoms with E-state index in [1.807, 2.05) is 39.8 Å². The molecule has 0 spiro atoms. The molecule has 2 rings (SSSR count). The Morgan fingerprint density at radius 3 is 2.65 bits per heavy atom. The monoisotopic (exact) mass is 430 g/mol. The number of aliphatic imine (C=N–C) groups is 1. The lowest BCUT2D eigenvalue weighted by Gasteiger charge is -2.31. The Hall–Kier alpha value is -2.61. The third kappa shape index (κ3) is 9.38. The van der Waals surface area contributed by atoms with Crippen molar-refractivity contribution in [3.05, 3.63) is 35.4 Å². The number of carbonyl (C=O) groups is 2. The van der Waals surface area contributed by atoms with Crippen LogP contribution in [0.4, 0.5) is 0 Å². The number of amides is 2. The second kappa shape index (κ2) is 11.7. The lowest BCUT2D eigenvalue weighted by molar-refractivity contribution is -0.123. The summed E-state index contributed by atoms with van der Waals surface area (Å²) >= 11 is 0. The minimum atomic E-state index is -0.263. The van der Waals surface area contributed by atoms with E-state index in [1.54, 1.807) is 0 Å². The minimum Gasteiger partial charge on any atom is -0.369 e. The van der Waals surface area contributed by atoms with E-state index < -0.39 is 0 Å². The van der Waals surface area contributed by atoms with E-state index in [0.29, 0.717) is 19.0 Å². The number of benzene rings is 1. The van der Waals surface area contributed by atoms with Crippen LogP contribution >= 0.6 is 0 Å². The molecule has 1 fully saturated rings. The molecule has 2 amide bonds. The molecule has 1 aliphatic rings. The van der Waals surface area contributed by atoms with E-state index in [0.717, 1.165) is 38.0 Å². The van der Waals surface area contributed by atoms with Crippen molar-refractivity contribution in [2.45, 2.75) is 59.2 Å². The van der Waals surface area contributed by atoms with Crippen LogP contribution in [0.5, 0.6) is 0 Å². The molecular formula is C23H38N6O2. The van der Waals surface area contributed by atoms with Gasteiger partial charge in [0.25, 0.3) is 0 Å². The number of nitrogens with zero attached hydrogens (tertiary/aromatic N) is 2. The summed E-state index contributed by atoms with van der Waals surface area (Å²) in [4.78, 5) is 30.5. The molecule has 1 atom stereocenters. The Bertz CT molecular complexity index is 772. The van der Waals surface area contributed by atoms with Gasteiger partial charge in [0.1, 0.15) is 0 Å². The normalized spacial score (nSPS) is 17.8. The molecule has 8 heteroatoms. The number of primary amides is 1. The Morgan fingerprint density at radius 1 is 1.23 bits per heavy atom. The average Bonchev–Trinajstić information content (AvgIpc) is 2.69. The average molecular weight is 431 g/mol. The number of rotatable bonds is 8. The van der Waals surface area contributed by atoms with Gasteiger partial charge in [-0.3, -0.25) is 14.5 Å². The van der Waals surface area contributed by atoms with Gasteiger partial charge in [-0.05, 0) is 58.2 Å². The summed E-state index contributed by atoms with van der Waals surface area (Å²) < 4.78 is 0. The predicted molar refractivity (Wildman–Crippen MR) is 124 cm³/mol. The number of guanidine groups is 1. The number of likely N-dealkylation sites (tertiary alicyclic amines) is 1. The van der Waals surface area contributed by atoms with Gasteiger partial charge < -0.3 is 21.7 Å². The van der Waals surface area contributed by atoms with Crippen LogP contribution in [0.3, 0.4) is 0 Å². The Balaban J connectivity index is 1.93. The van der Waals surface area contributed by atoms with Crippen molar-refractivity contribution in [2.24, 2.45) is 16.6 Å². The summed E-state index contributed by atoms with van der Waals surface area (Å²) in [7, 11) is 0. The molecule has 0 aromatic heterocycles. The maximum absolute atomic E-state index is 12.1. The number of hydrogen-bond acceptors (Lipinski definition) is 4. The largest absolute Gasteiger partial charge is 0.369 e. The molecular weight excluding hydrogens is 392 g/mol. The van der Waals surface area contributed by atoms with Gasteiger partial charge in [0.15, 0.2) is 5.96 Å². The second-order valence-corrected chi connectivity index (χ2v) is 9.14. The van der Waals surface area contributed by atoms with Crippen molar-refractivity contribution in [2.75, 3.05) is 26.2 Å². The first kappa shape index (κ1) is 24.7. The zero-order valence-electron chi connectivity index (χ0n) is 19.3. The molecule has 1 saturated heterocycles. The van der Waals surface area contributed by atoms with Crippen LogP contribution in [0, 0.1) is 5.92 Å². The molecule has 1 aliphatic heterocycles. The van der Waals surface area contributed by atoms with Crippen molar-refractivity contribution in [1.29, 1.82) is 0 Å². The highest BCUT2D eigenvalue weighted by Crippen LogP contribution is 2.19. The summed E-state index contributed by atoms with van der Waals surface area (Å²) in [5.41, 5.74) is 7.52. The molecule has 31 heavy (non-hydrogen) atoms. The third-order valence-corrected chi connectivity index (χ3v) is 5.00. The molecule has 1 aromatic carbocycles. The van der Waals surface area contributed by atoms with E-state index >= 15 is 0 Å². The fourth-order valence-electron chi connectivity index (χ4n) is 3.65. The fraction of sp³-hybridized carbons (Fsp3) is 0.609. The zero-order chi connectivity index (χ0) is 22.9. The van der Waals surface area contributed by atoms with Gasteiger partial charge in [0, 0.05) is 25.2 Å². The van der Waals surface area contributed by atoms with E-state index in [4.69, 9.17) is 5.73 Å². The van der Waals surface area contributed by atoms with Crippen LogP contribution < -0.4 is 21.7 Å². The first-order valence-corrected chi connectivity index (χ1v) is 11.1. The van der Waals surface area contributed by atoms with Crippen molar-refractivity contribution in [1.82, 2.24) is 20.9 Å². The zero-order valence-corrected chi connectivity index (χ0v) is 19.3. The number of hydrogen-bond donors (Lipinski definition) is 4. The topological polar surface area (TPSA) is 112 Å². The molecule has 1 unspecified atom stereocenters. The predicted octanol–water partition coefficient (Wildman–Crippen LogP) is 1.35. The van der Waals surface area contributed by atoms with E-state index in [-0.39, 0.29) is 29.8 Å². The number of piperidine rings is 1. The van der Waals surface area contributed by atoms with Crippen molar-refractivity contribution in [3.8, 4) is 0 Å². The Labute approximate surface area is 186 Å². The molecule has 0 radical (unpaired) electrons. The molecule has 1 aromatic rings. The smallest absolute Gasteiger partial charge is 0.239 e. The number of nitrogens with two attached hydrogens (primary N) is 1. The molecule has 0 aliphatic carbocycles. The summed E-state index contributed by atoms with van der Waals surface area (Å²) in [6.45, 7) is 11.7. The van der Waals surface area contributed by atoms with Crippen LogP contribution in [0.2, 0.25) is 0 Å². The van der Waals surface area contributed by atoms with Gasteiger partial charge in [-0.2, -0.15) is 0 Å². The van der Waals surface area contributed by atoms with Crippen LogP contribution in [0.25, 0.3) is 0 Å². The number of nitrogens with one attached hydrogen (secondary N) is 3. The highest BCUT2D eigenvalue weighted by atomic mass is 16.2. The van der Waals surface area contributed by atoms with Crippen LogP contribution in [0.1, 0.15) is 51.7 Å². The summed E-state index contributed by atoms with van der Waals surface area (Å²) in [6.07, 6.45) is 1.88. The molecule has 5 N–H and O–H groups in total. The van der Waals surface area contributed by atoms with Crippen LogP contribution in [0.15, 0.2) is 29.3 Å². The van der Waals surface area contributed by atoms with Gasteiger partial charge in [-0.1, -0.05) is 24.3 Å². The van der Waals surface area contributed by atoms with Gasteiger partial charge >= 0.3 is 0 Å². The summed E-state index contributed by atoms with van der Waals surface area (Å²) in [5, 5.41) is 9.19. The van der Waals surface area contributed by atoms with E-state index in [9.17, 15) is 9.59 Å². The van der Waals surface area contributed by atoms with Crippen LogP contribution in [-0.4, -0.2) is 54.4 Å². The lowest BCUT2D eigenvalue weighted by atomic mass is 9.97. The fourth-order valence-corrected chi connectivity index (χ4v) is 3.65. The minimum absolute atomic E-state index is 0.0502. The molecule has 0 bridgehead atoms. The molecule has 8 nitrogen and oxygen atoms in total. The lowest BCUT2D eigenvalue weighted by Crippen LogP contribution is -2.48. The first-order chi connectivity index (χ1) is 14.7. The highest BCUT2D eigenvalue weighted by Gasteiger charge is 2.23. The standard InChI is InChI=1S/C23H38N6O2/c1-5-25-22(27-14-20(30)28-23(2,3)4)26-13-17-8-6-9-18(12-17)15-29-11-7-10-19(16-29)21(24)31/h6,8-9,12,19H,5,7,10-11,13-16H2,1-4H3,(H2,24,31)(H,28,30)(H2,25,26,27). The SMILES string of the molecule is CCNC(=NCc1cccc(CN2CCCC(C(N)=O)C2)c1)NCC(=O)NC(C)(C)C. The Morgan fingerprint density at radius 2 is 1.97 bits per heavy atom. The quantitative estimate of drug-likeness (QED) is 0.367. The van der Waals surface area contributed by atoms with Crippen molar-refractivity contribution < 1.29 is 9.59 Å². The maximum Gasteiger partial charge on any atom is 0.239 e.